The van der Waals surface area contributed by atoms with Gasteiger partial charge in [0.2, 0.25) is 0 Å². The molecule has 1 aliphatic heterocycles. The third-order valence-corrected chi connectivity index (χ3v) is 6.78. The quantitative estimate of drug-likeness (QED) is 0.436. The van der Waals surface area contributed by atoms with Gasteiger partial charge in [0.1, 0.15) is 5.82 Å². The van der Waals surface area contributed by atoms with Crippen molar-refractivity contribution < 1.29 is 9.18 Å². The van der Waals surface area contributed by atoms with E-state index in [4.69, 9.17) is 4.99 Å². The van der Waals surface area contributed by atoms with Crippen LogP contribution in [0.3, 0.4) is 0 Å². The Morgan fingerprint density at radius 3 is 2.47 bits per heavy atom. The van der Waals surface area contributed by atoms with Crippen LogP contribution in [-0.2, 0) is 0 Å². The number of carbonyl (C=O) groups is 1. The number of benzene rings is 3. The normalized spacial score (nSPS) is 15.7. The maximum atomic E-state index is 14.7. The number of nitrogens with zero attached hydrogens (tertiary/aromatic N) is 1. The minimum absolute atomic E-state index is 0.0703. The van der Waals surface area contributed by atoms with Crippen molar-refractivity contribution in [3.8, 4) is 0 Å². The molecule has 0 aromatic heterocycles. The molecular weight excluding hydrogens is 395 g/mol. The van der Waals surface area contributed by atoms with Crippen LogP contribution in [0, 0.1) is 5.82 Å². The Labute approximate surface area is 179 Å². The number of hydrogen-bond acceptors (Lipinski definition) is 3. The fourth-order valence-electron chi connectivity index (χ4n) is 4.08. The van der Waals surface area contributed by atoms with Crippen molar-refractivity contribution in [1.29, 1.82) is 0 Å². The highest BCUT2D eigenvalue weighted by Crippen LogP contribution is 2.41. The molecule has 5 heteroatoms. The molecule has 1 heterocycles. The van der Waals surface area contributed by atoms with Crippen LogP contribution in [0.15, 0.2) is 81.5 Å². The summed E-state index contributed by atoms with van der Waals surface area (Å²) in [6.07, 6.45) is 4.41. The van der Waals surface area contributed by atoms with Crippen LogP contribution in [0.4, 0.5) is 10.1 Å². The second-order valence-corrected chi connectivity index (χ2v) is 8.76. The van der Waals surface area contributed by atoms with E-state index in [1.807, 2.05) is 48.5 Å². The van der Waals surface area contributed by atoms with Gasteiger partial charge < -0.3 is 5.32 Å². The molecule has 3 nitrogen and oxygen atoms in total. The van der Waals surface area contributed by atoms with E-state index in [-0.39, 0.29) is 17.8 Å². The van der Waals surface area contributed by atoms with E-state index < -0.39 is 0 Å². The van der Waals surface area contributed by atoms with Crippen LogP contribution >= 0.6 is 11.8 Å². The summed E-state index contributed by atoms with van der Waals surface area (Å²) in [6.45, 7) is 0. The minimum Gasteiger partial charge on any atom is -0.349 e. The van der Waals surface area contributed by atoms with Crippen LogP contribution in [-0.4, -0.2) is 17.7 Å². The molecule has 2 aliphatic rings. The first-order valence-electron chi connectivity index (χ1n) is 10.2. The lowest BCUT2D eigenvalue weighted by Crippen LogP contribution is -2.32. The summed E-state index contributed by atoms with van der Waals surface area (Å²) >= 11 is 1.59. The molecule has 1 saturated carbocycles. The van der Waals surface area contributed by atoms with Gasteiger partial charge in [-0.1, -0.05) is 54.9 Å². The molecule has 3 aromatic rings. The lowest BCUT2D eigenvalue weighted by atomic mass is 10.0. The molecule has 0 spiro atoms. The summed E-state index contributed by atoms with van der Waals surface area (Å²) in [5.74, 6) is -0.381. The minimum atomic E-state index is -0.311. The van der Waals surface area contributed by atoms with Gasteiger partial charge in [0, 0.05) is 32.5 Å². The maximum Gasteiger partial charge on any atom is 0.251 e. The van der Waals surface area contributed by atoms with Gasteiger partial charge in [-0.2, -0.15) is 0 Å². The van der Waals surface area contributed by atoms with Gasteiger partial charge in [-0.05, 0) is 49.2 Å². The summed E-state index contributed by atoms with van der Waals surface area (Å²) < 4.78 is 14.7. The highest BCUT2D eigenvalue weighted by molar-refractivity contribution is 7.99. The van der Waals surface area contributed by atoms with Crippen molar-refractivity contribution in [3.05, 3.63) is 89.2 Å². The van der Waals surface area contributed by atoms with Crippen molar-refractivity contribution in [2.75, 3.05) is 0 Å². The number of rotatable bonds is 3. The zero-order chi connectivity index (χ0) is 20.5. The summed E-state index contributed by atoms with van der Waals surface area (Å²) in [6, 6.07) is 20.4. The Morgan fingerprint density at radius 1 is 0.933 bits per heavy atom. The standard InChI is InChI=1S/C25H21FN2OS/c26-20-11-5-3-9-18(20)24-19-10-4-6-12-22(19)30-23-14-13-16(15-21(23)28-24)25(29)27-17-7-1-2-8-17/h3-6,9-15,17H,1-2,7-8H2,(H,27,29). The van der Waals surface area contributed by atoms with E-state index in [0.717, 1.165) is 28.2 Å². The summed E-state index contributed by atoms with van der Waals surface area (Å²) in [7, 11) is 0. The lowest BCUT2D eigenvalue weighted by molar-refractivity contribution is 0.0938. The number of aliphatic imine (C=N–C) groups is 1. The van der Waals surface area contributed by atoms with Crippen molar-refractivity contribution in [3.63, 3.8) is 0 Å². The topological polar surface area (TPSA) is 41.5 Å². The van der Waals surface area contributed by atoms with E-state index in [9.17, 15) is 9.18 Å². The summed E-state index contributed by atoms with van der Waals surface area (Å²) in [5.41, 5.74) is 3.21. The number of nitrogens with one attached hydrogen (secondary N) is 1. The maximum absolute atomic E-state index is 14.7. The van der Waals surface area contributed by atoms with Gasteiger partial charge in [0.25, 0.3) is 5.91 Å². The highest BCUT2D eigenvalue weighted by atomic mass is 32.2. The molecule has 5 rings (SSSR count). The third kappa shape index (κ3) is 3.65. The van der Waals surface area contributed by atoms with Crippen molar-refractivity contribution in [2.24, 2.45) is 4.99 Å². The average molecular weight is 417 g/mol. The number of carbonyl (C=O) groups excluding carboxylic acids is 1. The Bertz CT molecular complexity index is 1150. The number of fused-ring (bicyclic) bond motifs is 2. The summed E-state index contributed by atoms with van der Waals surface area (Å²) in [4.78, 5) is 19.6. The number of amides is 1. The first-order valence-corrected chi connectivity index (χ1v) is 11.1. The monoisotopic (exact) mass is 416 g/mol. The molecule has 3 aromatic carbocycles. The Hall–Kier alpha value is -2.92. The van der Waals surface area contributed by atoms with Gasteiger partial charge in [-0.15, -0.1) is 0 Å². The molecule has 1 fully saturated rings. The third-order valence-electron chi connectivity index (χ3n) is 5.63. The smallest absolute Gasteiger partial charge is 0.251 e. The van der Waals surface area contributed by atoms with Crippen LogP contribution in [0.25, 0.3) is 0 Å². The Kier molecular flexibility index (Phi) is 5.13. The predicted molar refractivity (Wildman–Crippen MR) is 118 cm³/mol. The van der Waals surface area contributed by atoms with E-state index in [0.29, 0.717) is 22.5 Å². The van der Waals surface area contributed by atoms with Gasteiger partial charge in [0.05, 0.1) is 11.4 Å². The zero-order valence-electron chi connectivity index (χ0n) is 16.4. The van der Waals surface area contributed by atoms with E-state index in [1.54, 1.807) is 23.9 Å². The molecule has 0 atom stereocenters. The summed E-state index contributed by atoms with van der Waals surface area (Å²) in [5, 5.41) is 3.13. The van der Waals surface area contributed by atoms with Crippen LogP contribution in [0.5, 0.6) is 0 Å². The Balaban J connectivity index is 1.59. The van der Waals surface area contributed by atoms with Crippen LogP contribution in [0.2, 0.25) is 0 Å². The molecule has 150 valence electrons. The van der Waals surface area contributed by atoms with Crippen molar-refractivity contribution in [2.45, 2.75) is 41.5 Å². The first-order chi connectivity index (χ1) is 14.7. The van der Waals surface area contributed by atoms with Gasteiger partial charge in [0.15, 0.2) is 0 Å². The molecule has 0 unspecified atom stereocenters. The molecule has 1 aliphatic carbocycles. The van der Waals surface area contributed by atoms with E-state index >= 15 is 0 Å². The molecule has 1 amide bonds. The SMILES string of the molecule is O=C(NC1CCCC1)c1ccc2c(c1)N=C(c1ccccc1F)c1ccccc1S2. The van der Waals surface area contributed by atoms with E-state index in [2.05, 4.69) is 5.32 Å². The fraction of sp³-hybridized carbons (Fsp3) is 0.200. The predicted octanol–water partition coefficient (Wildman–Crippen LogP) is 6.13. The largest absolute Gasteiger partial charge is 0.349 e. The highest BCUT2D eigenvalue weighted by Gasteiger charge is 2.22. The first kappa shape index (κ1) is 19.1. The molecule has 30 heavy (non-hydrogen) atoms. The number of hydrogen-bond donors (Lipinski definition) is 1. The molecule has 0 saturated heterocycles. The second-order valence-electron chi connectivity index (χ2n) is 7.68. The van der Waals surface area contributed by atoms with Crippen molar-refractivity contribution >= 4 is 29.1 Å². The van der Waals surface area contributed by atoms with Crippen LogP contribution < -0.4 is 5.32 Å². The Morgan fingerprint density at radius 2 is 1.67 bits per heavy atom. The molecule has 0 radical (unpaired) electrons. The molecule has 0 bridgehead atoms. The van der Waals surface area contributed by atoms with Gasteiger partial charge in [-0.3, -0.25) is 4.79 Å². The molecular formula is C25H21FN2OS. The van der Waals surface area contributed by atoms with Crippen molar-refractivity contribution in [1.82, 2.24) is 5.32 Å². The lowest BCUT2D eigenvalue weighted by Gasteiger charge is -2.13. The van der Waals surface area contributed by atoms with E-state index in [1.165, 1.54) is 18.9 Å². The van der Waals surface area contributed by atoms with Gasteiger partial charge in [-0.25, -0.2) is 9.38 Å². The fourth-order valence-corrected chi connectivity index (χ4v) is 5.08. The number of halogens is 1. The second kappa shape index (κ2) is 8.07. The van der Waals surface area contributed by atoms with Gasteiger partial charge >= 0.3 is 0 Å². The van der Waals surface area contributed by atoms with Crippen LogP contribution in [0.1, 0.15) is 47.2 Å². The zero-order valence-corrected chi connectivity index (χ0v) is 17.2. The molecule has 1 N–H and O–H groups in total. The average Bonchev–Trinajstić information content (AvgIpc) is 3.21.